The molecule has 1 atom stereocenters. The van der Waals surface area contributed by atoms with Gasteiger partial charge in [-0.1, -0.05) is 36.4 Å². The van der Waals surface area contributed by atoms with E-state index < -0.39 is 24.0 Å². The lowest BCUT2D eigenvalue weighted by atomic mass is 9.88. The lowest BCUT2D eigenvalue weighted by Crippen LogP contribution is -2.41. The molecule has 0 aliphatic rings. The minimum absolute atomic E-state index is 0.0581. The Morgan fingerprint density at radius 2 is 1.91 bits per heavy atom. The highest BCUT2D eigenvalue weighted by Gasteiger charge is 2.55. The molecule has 1 unspecified atom stereocenters. The Labute approximate surface area is 193 Å². The number of nitriles is 1. The predicted octanol–water partition coefficient (Wildman–Crippen LogP) is 5.95. The molecule has 2 aromatic heterocycles. The van der Waals surface area contributed by atoms with Crippen LogP contribution in [0.4, 0.5) is 17.6 Å². The summed E-state index contributed by atoms with van der Waals surface area (Å²) in [5, 5.41) is 20.5. The molecule has 2 heterocycles. The second kappa shape index (κ2) is 9.12. The molecule has 4 rings (SSSR count). The third-order valence-corrected chi connectivity index (χ3v) is 5.58. The molecule has 0 saturated heterocycles. The van der Waals surface area contributed by atoms with Gasteiger partial charge in [0.25, 0.3) is 0 Å². The topological polar surface area (TPSA) is 61.8 Å². The van der Waals surface area contributed by atoms with Crippen LogP contribution in [0.3, 0.4) is 0 Å². The van der Waals surface area contributed by atoms with E-state index in [0.29, 0.717) is 16.6 Å². The van der Waals surface area contributed by atoms with Crippen LogP contribution >= 0.6 is 0 Å². The van der Waals surface area contributed by atoms with Gasteiger partial charge in [-0.2, -0.15) is 18.4 Å². The van der Waals surface area contributed by atoms with Gasteiger partial charge in [0.05, 0.1) is 17.1 Å². The van der Waals surface area contributed by atoms with E-state index in [4.69, 9.17) is 0 Å². The zero-order valence-corrected chi connectivity index (χ0v) is 17.8. The van der Waals surface area contributed by atoms with Gasteiger partial charge in [0.15, 0.2) is 5.60 Å². The summed E-state index contributed by atoms with van der Waals surface area (Å²) in [6.45, 7) is 0.0581. The van der Waals surface area contributed by atoms with E-state index in [2.05, 4.69) is 4.98 Å². The largest absolute Gasteiger partial charge is 0.421 e. The summed E-state index contributed by atoms with van der Waals surface area (Å²) in [6.07, 6.45) is 1.27. The third kappa shape index (κ3) is 4.56. The third-order valence-electron chi connectivity index (χ3n) is 5.58. The number of alkyl halides is 3. The van der Waals surface area contributed by atoms with Crippen molar-refractivity contribution in [3.05, 3.63) is 107 Å². The maximum Gasteiger partial charge on any atom is 0.421 e. The quantitative estimate of drug-likeness (QED) is 0.358. The molecule has 0 aliphatic carbocycles. The van der Waals surface area contributed by atoms with Gasteiger partial charge in [-0.15, -0.1) is 0 Å². The highest BCUT2D eigenvalue weighted by molar-refractivity contribution is 5.86. The molecule has 1 N–H and O–H groups in total. The van der Waals surface area contributed by atoms with E-state index in [-0.39, 0.29) is 23.1 Å². The summed E-state index contributed by atoms with van der Waals surface area (Å²) in [5.41, 5.74) is -1.82. The SMILES string of the molecule is N#Cc1ccc2c(C(O)(C/C=C/c3cccnc3)C(F)(F)F)cn(Cc3cccc(F)c3)c2c1. The second-order valence-corrected chi connectivity index (χ2v) is 7.90. The summed E-state index contributed by atoms with van der Waals surface area (Å²) in [4.78, 5) is 3.92. The first kappa shape index (κ1) is 23.2. The van der Waals surface area contributed by atoms with Crippen LogP contribution in [0.2, 0.25) is 0 Å². The number of pyridine rings is 1. The summed E-state index contributed by atoms with van der Waals surface area (Å²) >= 11 is 0. The van der Waals surface area contributed by atoms with Crippen LogP contribution in [0.25, 0.3) is 17.0 Å². The van der Waals surface area contributed by atoms with E-state index in [1.807, 2.05) is 6.07 Å². The van der Waals surface area contributed by atoms with E-state index in [1.54, 1.807) is 24.4 Å². The molecule has 34 heavy (non-hydrogen) atoms. The smallest absolute Gasteiger partial charge is 0.376 e. The minimum atomic E-state index is -4.99. The molecule has 172 valence electrons. The molecule has 0 spiro atoms. The summed E-state index contributed by atoms with van der Waals surface area (Å²) in [7, 11) is 0. The zero-order valence-electron chi connectivity index (χ0n) is 17.8. The van der Waals surface area contributed by atoms with E-state index >= 15 is 0 Å². The zero-order chi connectivity index (χ0) is 24.3. The fourth-order valence-electron chi connectivity index (χ4n) is 3.87. The number of fused-ring (bicyclic) bond motifs is 1. The summed E-state index contributed by atoms with van der Waals surface area (Å²) < 4.78 is 58.0. The molecule has 0 fully saturated rings. The minimum Gasteiger partial charge on any atom is -0.376 e. The Hall–Kier alpha value is -3.96. The fraction of sp³-hybridized carbons (Fsp3) is 0.154. The fourth-order valence-corrected chi connectivity index (χ4v) is 3.87. The monoisotopic (exact) mass is 465 g/mol. The van der Waals surface area contributed by atoms with Crippen molar-refractivity contribution >= 4 is 17.0 Å². The van der Waals surface area contributed by atoms with Crippen LogP contribution in [0.5, 0.6) is 0 Å². The molecule has 8 heteroatoms. The maximum absolute atomic E-state index is 14.3. The van der Waals surface area contributed by atoms with Crippen molar-refractivity contribution in [2.45, 2.75) is 24.7 Å². The van der Waals surface area contributed by atoms with Crippen molar-refractivity contribution in [2.75, 3.05) is 0 Å². The second-order valence-electron chi connectivity index (χ2n) is 7.90. The van der Waals surface area contributed by atoms with Crippen molar-refractivity contribution in [3.63, 3.8) is 0 Å². The Kier molecular flexibility index (Phi) is 6.22. The molecule has 0 aliphatic heterocycles. The number of nitrogens with zero attached hydrogens (tertiary/aromatic N) is 3. The first-order valence-corrected chi connectivity index (χ1v) is 10.3. The van der Waals surface area contributed by atoms with Crippen LogP contribution < -0.4 is 0 Å². The Morgan fingerprint density at radius 1 is 1.09 bits per heavy atom. The van der Waals surface area contributed by atoms with Crippen LogP contribution in [0, 0.1) is 17.1 Å². The summed E-state index contributed by atoms with van der Waals surface area (Å²) in [6, 6.07) is 15.3. The Balaban J connectivity index is 1.82. The molecule has 4 aromatic rings. The number of hydrogen-bond donors (Lipinski definition) is 1. The van der Waals surface area contributed by atoms with Gasteiger partial charge in [-0.3, -0.25) is 4.98 Å². The standard InChI is InChI=1S/C26H19F4N3O/c27-21-7-1-4-20(12-21)16-33-17-23(22-9-8-19(14-31)13-24(22)33)25(34,26(28,29)30)10-2-5-18-6-3-11-32-15-18/h1-9,11-13,15,17,34H,10,16H2/b5-2+. The van der Waals surface area contributed by atoms with Crippen molar-refractivity contribution < 1.29 is 22.7 Å². The number of aliphatic hydroxyl groups is 1. The number of hydrogen-bond acceptors (Lipinski definition) is 3. The molecular formula is C26H19F4N3O. The highest BCUT2D eigenvalue weighted by atomic mass is 19.4. The van der Waals surface area contributed by atoms with E-state index in [0.717, 1.165) is 0 Å². The Morgan fingerprint density at radius 3 is 2.59 bits per heavy atom. The summed E-state index contributed by atoms with van der Waals surface area (Å²) in [5.74, 6) is -0.473. The average molecular weight is 465 g/mol. The van der Waals surface area contributed by atoms with Crippen LogP contribution in [-0.4, -0.2) is 20.8 Å². The van der Waals surface area contributed by atoms with Gasteiger partial charge in [0.2, 0.25) is 0 Å². The Bertz CT molecular complexity index is 1390. The molecule has 0 radical (unpaired) electrons. The molecule has 0 amide bonds. The van der Waals surface area contributed by atoms with Crippen LogP contribution in [0.1, 0.15) is 28.7 Å². The van der Waals surface area contributed by atoms with E-state index in [1.165, 1.54) is 65.5 Å². The maximum atomic E-state index is 14.3. The van der Waals surface area contributed by atoms with Gasteiger partial charge >= 0.3 is 6.18 Å². The molecule has 2 aromatic carbocycles. The lowest BCUT2D eigenvalue weighted by Gasteiger charge is -2.29. The number of rotatable bonds is 6. The van der Waals surface area contributed by atoms with Crippen LogP contribution in [0.15, 0.2) is 79.3 Å². The van der Waals surface area contributed by atoms with Crippen molar-refractivity contribution in [3.8, 4) is 6.07 Å². The van der Waals surface area contributed by atoms with Gasteiger partial charge < -0.3 is 9.67 Å². The van der Waals surface area contributed by atoms with Gasteiger partial charge in [0, 0.05) is 42.5 Å². The van der Waals surface area contributed by atoms with Crippen molar-refractivity contribution in [1.29, 1.82) is 5.26 Å². The molecule has 4 nitrogen and oxygen atoms in total. The van der Waals surface area contributed by atoms with Gasteiger partial charge in [-0.25, -0.2) is 4.39 Å². The molecule has 0 bridgehead atoms. The van der Waals surface area contributed by atoms with Crippen molar-refractivity contribution in [2.24, 2.45) is 0 Å². The number of benzene rings is 2. The lowest BCUT2D eigenvalue weighted by molar-refractivity contribution is -0.264. The molecular weight excluding hydrogens is 446 g/mol. The highest BCUT2D eigenvalue weighted by Crippen LogP contribution is 2.45. The van der Waals surface area contributed by atoms with E-state index in [9.17, 15) is 27.9 Å². The number of aromatic nitrogens is 2. The van der Waals surface area contributed by atoms with Gasteiger partial charge in [-0.05, 0) is 41.5 Å². The van der Waals surface area contributed by atoms with Gasteiger partial charge in [0.1, 0.15) is 5.82 Å². The predicted molar refractivity (Wildman–Crippen MR) is 120 cm³/mol. The normalized spacial score (nSPS) is 13.8. The number of halogens is 4. The van der Waals surface area contributed by atoms with Crippen molar-refractivity contribution in [1.82, 2.24) is 9.55 Å². The average Bonchev–Trinajstić information content (AvgIpc) is 3.17. The first-order valence-electron chi connectivity index (χ1n) is 10.3. The first-order chi connectivity index (χ1) is 16.2. The molecule has 0 saturated carbocycles. The van der Waals surface area contributed by atoms with Crippen LogP contribution in [-0.2, 0) is 12.1 Å².